The molecule has 25 heavy (non-hydrogen) atoms. The predicted molar refractivity (Wildman–Crippen MR) is 93.8 cm³/mol. The average molecular weight is 341 g/mol. The van der Waals surface area contributed by atoms with Crippen LogP contribution in [0.25, 0.3) is 0 Å². The summed E-state index contributed by atoms with van der Waals surface area (Å²) in [5.74, 6) is 0.951. The molecule has 2 aliphatic rings. The normalized spacial score (nSPS) is 21.8. The number of rotatable bonds is 3. The first-order chi connectivity index (χ1) is 12.1. The summed E-state index contributed by atoms with van der Waals surface area (Å²) in [6.07, 6.45) is 7.63. The van der Waals surface area contributed by atoms with Gasteiger partial charge in [-0.2, -0.15) is 0 Å². The Hall–Kier alpha value is -2.17. The monoisotopic (exact) mass is 341 g/mol. The van der Waals surface area contributed by atoms with Crippen LogP contribution in [0.5, 0.6) is 0 Å². The summed E-state index contributed by atoms with van der Waals surface area (Å²) in [5, 5.41) is 3.28. The highest BCUT2D eigenvalue weighted by Gasteiger charge is 2.43. The number of hydrogen-bond donors (Lipinski definition) is 1. The highest BCUT2D eigenvalue weighted by molar-refractivity contribution is 5.88. The Kier molecular flexibility index (Phi) is 4.10. The molecule has 0 saturated heterocycles. The standard InChI is InChI=1S/C20H24FN3O/c1-14-12-24-13-17(8-9-18(24)22-14)23-19(25)20(10-2-3-11-20)15-4-6-16(21)7-5-15/h4-7,12,17H,2-3,8-11,13H2,1H3,(H,23,25). The van der Waals surface area contributed by atoms with Gasteiger partial charge in [-0.3, -0.25) is 4.79 Å². The van der Waals surface area contributed by atoms with Crippen LogP contribution < -0.4 is 5.32 Å². The number of hydrogen-bond acceptors (Lipinski definition) is 2. The lowest BCUT2D eigenvalue weighted by atomic mass is 9.77. The molecule has 1 saturated carbocycles. The van der Waals surface area contributed by atoms with Gasteiger partial charge in [0, 0.05) is 25.2 Å². The molecule has 1 fully saturated rings. The fourth-order valence-corrected chi connectivity index (χ4v) is 4.42. The van der Waals surface area contributed by atoms with E-state index in [1.54, 1.807) is 12.1 Å². The van der Waals surface area contributed by atoms with Gasteiger partial charge >= 0.3 is 0 Å². The molecule has 132 valence electrons. The maximum absolute atomic E-state index is 13.3. The van der Waals surface area contributed by atoms with Crippen molar-refractivity contribution < 1.29 is 9.18 Å². The van der Waals surface area contributed by atoms with E-state index >= 15 is 0 Å². The molecular weight excluding hydrogens is 317 g/mol. The molecule has 1 aliphatic heterocycles. The van der Waals surface area contributed by atoms with Gasteiger partial charge in [0.05, 0.1) is 11.1 Å². The fraction of sp³-hybridized carbons (Fsp3) is 0.500. The second-order valence-electron chi connectivity index (χ2n) is 7.46. The van der Waals surface area contributed by atoms with Gasteiger partial charge in [-0.1, -0.05) is 25.0 Å². The lowest BCUT2D eigenvalue weighted by Crippen LogP contribution is -2.49. The quantitative estimate of drug-likeness (QED) is 0.931. The Bertz CT molecular complexity index is 775. The predicted octanol–water partition coefficient (Wildman–Crippen LogP) is 3.27. The topological polar surface area (TPSA) is 46.9 Å². The number of fused-ring (bicyclic) bond motifs is 1. The molecule has 0 radical (unpaired) electrons. The molecule has 1 aliphatic carbocycles. The lowest BCUT2D eigenvalue weighted by molar-refractivity contribution is -0.127. The van der Waals surface area contributed by atoms with Crippen LogP contribution in [0.3, 0.4) is 0 Å². The van der Waals surface area contributed by atoms with Gasteiger partial charge in [0.2, 0.25) is 5.91 Å². The molecule has 0 spiro atoms. The van der Waals surface area contributed by atoms with Crippen LogP contribution in [-0.2, 0) is 23.2 Å². The zero-order valence-electron chi connectivity index (χ0n) is 14.6. The van der Waals surface area contributed by atoms with Crippen LogP contribution in [0.15, 0.2) is 30.5 Å². The van der Waals surface area contributed by atoms with Crippen molar-refractivity contribution in [1.82, 2.24) is 14.9 Å². The van der Waals surface area contributed by atoms with Crippen molar-refractivity contribution in [3.63, 3.8) is 0 Å². The van der Waals surface area contributed by atoms with Gasteiger partial charge in [-0.25, -0.2) is 9.37 Å². The third-order valence-corrected chi connectivity index (χ3v) is 5.74. The number of imidazole rings is 1. The maximum atomic E-state index is 13.3. The first kappa shape index (κ1) is 16.3. The lowest BCUT2D eigenvalue weighted by Gasteiger charge is -2.32. The van der Waals surface area contributed by atoms with Gasteiger partial charge in [0.15, 0.2) is 0 Å². The van der Waals surface area contributed by atoms with Crippen LogP contribution in [0.1, 0.15) is 49.2 Å². The molecule has 2 heterocycles. The Balaban J connectivity index is 1.53. The highest BCUT2D eigenvalue weighted by Crippen LogP contribution is 2.41. The van der Waals surface area contributed by atoms with Crippen LogP contribution in [-0.4, -0.2) is 21.5 Å². The van der Waals surface area contributed by atoms with E-state index in [2.05, 4.69) is 21.1 Å². The molecule has 0 bridgehead atoms. The Morgan fingerprint density at radius 1 is 1.28 bits per heavy atom. The number of halogens is 1. The van der Waals surface area contributed by atoms with Crippen molar-refractivity contribution >= 4 is 5.91 Å². The number of aromatic nitrogens is 2. The zero-order valence-corrected chi connectivity index (χ0v) is 14.6. The number of carbonyl (C=O) groups is 1. The van der Waals surface area contributed by atoms with Gasteiger partial charge in [0.1, 0.15) is 11.6 Å². The summed E-state index contributed by atoms with van der Waals surface area (Å²) in [6.45, 7) is 2.78. The summed E-state index contributed by atoms with van der Waals surface area (Å²) in [7, 11) is 0. The van der Waals surface area contributed by atoms with E-state index in [0.29, 0.717) is 0 Å². The third kappa shape index (κ3) is 2.96. The fourth-order valence-electron chi connectivity index (χ4n) is 4.42. The summed E-state index contributed by atoms with van der Waals surface area (Å²) in [4.78, 5) is 17.7. The first-order valence-electron chi connectivity index (χ1n) is 9.16. The highest BCUT2D eigenvalue weighted by atomic mass is 19.1. The van der Waals surface area contributed by atoms with Gasteiger partial charge < -0.3 is 9.88 Å². The largest absolute Gasteiger partial charge is 0.351 e. The van der Waals surface area contributed by atoms with E-state index in [-0.39, 0.29) is 17.8 Å². The molecule has 1 aromatic carbocycles. The molecule has 4 nitrogen and oxygen atoms in total. The molecule has 4 rings (SSSR count). The summed E-state index contributed by atoms with van der Waals surface area (Å²) in [6, 6.07) is 6.61. The van der Waals surface area contributed by atoms with E-state index in [1.807, 2.05) is 6.92 Å². The van der Waals surface area contributed by atoms with E-state index in [1.165, 1.54) is 12.1 Å². The first-order valence-corrected chi connectivity index (χ1v) is 9.16. The van der Waals surface area contributed by atoms with Crippen LogP contribution in [0.2, 0.25) is 0 Å². The summed E-state index contributed by atoms with van der Waals surface area (Å²) >= 11 is 0. The van der Waals surface area contributed by atoms with Crippen molar-refractivity contribution in [2.75, 3.05) is 0 Å². The number of nitrogens with one attached hydrogen (secondary N) is 1. The third-order valence-electron chi connectivity index (χ3n) is 5.74. The van der Waals surface area contributed by atoms with Crippen LogP contribution >= 0.6 is 0 Å². The van der Waals surface area contributed by atoms with Crippen molar-refractivity contribution in [1.29, 1.82) is 0 Å². The van der Waals surface area contributed by atoms with Crippen molar-refractivity contribution in [2.45, 2.75) is 63.5 Å². The summed E-state index contributed by atoms with van der Waals surface area (Å²) < 4.78 is 15.5. The second-order valence-corrected chi connectivity index (χ2v) is 7.46. The molecule has 5 heteroatoms. The molecule has 1 N–H and O–H groups in total. The molecule has 1 amide bonds. The molecule has 1 aromatic heterocycles. The van der Waals surface area contributed by atoms with Gasteiger partial charge in [0.25, 0.3) is 0 Å². The molecule has 1 unspecified atom stereocenters. The van der Waals surface area contributed by atoms with E-state index < -0.39 is 5.41 Å². The van der Waals surface area contributed by atoms with Crippen LogP contribution in [0, 0.1) is 12.7 Å². The van der Waals surface area contributed by atoms with Crippen molar-refractivity contribution in [2.24, 2.45) is 0 Å². The summed E-state index contributed by atoms with van der Waals surface area (Å²) in [5.41, 5.74) is 1.47. The minimum atomic E-state index is -0.501. The number of nitrogens with zero attached hydrogens (tertiary/aromatic N) is 2. The Morgan fingerprint density at radius 2 is 2.00 bits per heavy atom. The van der Waals surface area contributed by atoms with Crippen LogP contribution in [0.4, 0.5) is 4.39 Å². The van der Waals surface area contributed by atoms with Gasteiger partial charge in [-0.15, -0.1) is 0 Å². The van der Waals surface area contributed by atoms with Crippen molar-refractivity contribution in [3.8, 4) is 0 Å². The van der Waals surface area contributed by atoms with Gasteiger partial charge in [-0.05, 0) is 43.9 Å². The second kappa shape index (κ2) is 6.28. The molecule has 2 aromatic rings. The smallest absolute Gasteiger partial charge is 0.230 e. The minimum absolute atomic E-state index is 0.0990. The zero-order chi connectivity index (χ0) is 17.4. The van der Waals surface area contributed by atoms with E-state index in [4.69, 9.17) is 0 Å². The number of aryl methyl sites for hydroxylation is 2. The van der Waals surface area contributed by atoms with Crippen molar-refractivity contribution in [3.05, 3.63) is 53.4 Å². The average Bonchev–Trinajstić information content (AvgIpc) is 3.21. The van der Waals surface area contributed by atoms with E-state index in [0.717, 1.165) is 62.2 Å². The number of carbonyl (C=O) groups excluding carboxylic acids is 1. The number of amides is 1. The Morgan fingerprint density at radius 3 is 2.72 bits per heavy atom. The SMILES string of the molecule is Cc1cn2c(n1)CCC(NC(=O)C1(c3ccc(F)cc3)CCCC1)C2. The molecular formula is C20H24FN3O. The van der Waals surface area contributed by atoms with E-state index in [9.17, 15) is 9.18 Å². The Labute approximate surface area is 147 Å². The molecule has 1 atom stereocenters. The number of benzene rings is 1. The minimum Gasteiger partial charge on any atom is -0.351 e. The maximum Gasteiger partial charge on any atom is 0.230 e.